The van der Waals surface area contributed by atoms with Gasteiger partial charge in [0.1, 0.15) is 17.4 Å². The van der Waals surface area contributed by atoms with Gasteiger partial charge in [0.15, 0.2) is 0 Å². The first kappa shape index (κ1) is 28.5. The number of benzene rings is 2. The Kier molecular flexibility index (Phi) is 8.82. The van der Waals surface area contributed by atoms with Crippen molar-refractivity contribution in [2.75, 3.05) is 20.1 Å². The van der Waals surface area contributed by atoms with Crippen molar-refractivity contribution in [2.45, 2.75) is 50.5 Å². The lowest BCUT2D eigenvalue weighted by Gasteiger charge is -2.30. The van der Waals surface area contributed by atoms with Gasteiger partial charge in [0.25, 0.3) is 0 Å². The highest BCUT2D eigenvalue weighted by molar-refractivity contribution is 6.42. The smallest absolute Gasteiger partial charge is 0.347 e. The lowest BCUT2D eigenvalue weighted by atomic mass is 9.93. The number of nitrogens with one attached hydrogen (secondary N) is 1. The number of aromatic nitrogens is 2. The molecular weight excluding hydrogens is 543 g/mol. The van der Waals surface area contributed by atoms with Gasteiger partial charge in [0.05, 0.1) is 21.7 Å². The van der Waals surface area contributed by atoms with E-state index in [9.17, 15) is 22.4 Å². The zero-order chi connectivity index (χ0) is 27.6. The summed E-state index contributed by atoms with van der Waals surface area (Å²) in [5.41, 5.74) is 0.113. The third kappa shape index (κ3) is 6.57. The van der Waals surface area contributed by atoms with Crippen LogP contribution in [0.15, 0.2) is 48.8 Å². The fraction of sp³-hybridized carbons (Fsp3) is 0.407. The first-order valence-electron chi connectivity index (χ1n) is 12.2. The van der Waals surface area contributed by atoms with E-state index in [1.807, 2.05) is 24.1 Å². The Morgan fingerprint density at radius 2 is 1.95 bits per heavy atom. The van der Waals surface area contributed by atoms with Gasteiger partial charge in [-0.3, -0.25) is 9.80 Å². The number of likely N-dealkylation sites (tertiary alicyclic amines) is 1. The highest BCUT2D eigenvalue weighted by Crippen LogP contribution is 2.39. The van der Waals surface area contributed by atoms with Gasteiger partial charge in [-0.25, -0.2) is 9.37 Å². The molecule has 0 aliphatic carbocycles. The Labute approximate surface area is 228 Å². The molecule has 3 aromatic rings. The second-order valence-electron chi connectivity index (χ2n) is 9.76. The molecule has 0 bridgehead atoms. The van der Waals surface area contributed by atoms with Crippen molar-refractivity contribution in [1.82, 2.24) is 19.8 Å². The molecule has 1 unspecified atom stereocenters. The zero-order valence-electron chi connectivity index (χ0n) is 20.9. The lowest BCUT2D eigenvalue weighted by molar-refractivity contribution is -0.140. The Morgan fingerprint density at radius 3 is 2.55 bits per heavy atom. The third-order valence-electron chi connectivity index (χ3n) is 7.07. The largest absolute Gasteiger partial charge is 0.419 e. The normalized spacial score (nSPS) is 19.3. The summed E-state index contributed by atoms with van der Waals surface area (Å²) >= 11 is 12.5. The summed E-state index contributed by atoms with van der Waals surface area (Å²) in [5.74, 6) is -0.490. The van der Waals surface area contributed by atoms with Gasteiger partial charge < -0.3 is 9.78 Å². The fourth-order valence-corrected chi connectivity index (χ4v) is 5.48. The Bertz CT molecular complexity index is 1270. The molecule has 0 radical (unpaired) electrons. The van der Waals surface area contributed by atoms with Crippen LogP contribution in [-0.4, -0.2) is 51.7 Å². The van der Waals surface area contributed by atoms with Crippen LogP contribution in [0.5, 0.6) is 0 Å². The number of nitrogens with zero attached hydrogens (tertiary/aromatic N) is 3. The number of hydrogen-bond donors (Lipinski definition) is 1. The average Bonchev–Trinajstić information content (AvgIpc) is 3.51. The van der Waals surface area contributed by atoms with Crippen molar-refractivity contribution in [2.24, 2.45) is 0 Å². The van der Waals surface area contributed by atoms with Crippen molar-refractivity contribution in [1.29, 1.82) is 0 Å². The molecule has 204 valence electrons. The van der Waals surface area contributed by atoms with E-state index >= 15 is 0 Å². The molecule has 4 rings (SSSR count). The number of H-pyrrole nitrogens is 1. The fourth-order valence-electron chi connectivity index (χ4n) is 5.17. The van der Waals surface area contributed by atoms with E-state index in [0.29, 0.717) is 41.5 Å². The summed E-state index contributed by atoms with van der Waals surface area (Å²) in [7, 11) is 1.87. The molecule has 5 nitrogen and oxygen atoms in total. The summed E-state index contributed by atoms with van der Waals surface area (Å²) in [6, 6.07) is 8.29. The number of halogens is 6. The molecule has 3 atom stereocenters. The zero-order valence-corrected chi connectivity index (χ0v) is 22.4. The van der Waals surface area contributed by atoms with E-state index in [2.05, 4.69) is 14.9 Å². The van der Waals surface area contributed by atoms with E-state index in [4.69, 9.17) is 23.2 Å². The van der Waals surface area contributed by atoms with Gasteiger partial charge in [-0.15, -0.1) is 0 Å². The predicted octanol–water partition coefficient (Wildman–Crippen LogP) is 6.88. The molecule has 2 heterocycles. The van der Waals surface area contributed by atoms with Gasteiger partial charge in [0.2, 0.25) is 0 Å². The number of ketones is 1. The van der Waals surface area contributed by atoms with Gasteiger partial charge >= 0.3 is 6.18 Å². The maximum Gasteiger partial charge on any atom is 0.419 e. The van der Waals surface area contributed by atoms with Crippen molar-refractivity contribution < 1.29 is 22.4 Å². The van der Waals surface area contributed by atoms with Crippen molar-refractivity contribution in [3.8, 4) is 0 Å². The molecule has 1 aliphatic heterocycles. The number of rotatable bonds is 9. The van der Waals surface area contributed by atoms with Crippen LogP contribution in [0.3, 0.4) is 0 Å². The lowest BCUT2D eigenvalue weighted by Crippen LogP contribution is -2.37. The molecule has 0 amide bonds. The molecule has 1 N–H and O–H groups in total. The topological polar surface area (TPSA) is 52.2 Å². The molecule has 0 spiro atoms. The summed E-state index contributed by atoms with van der Waals surface area (Å²) in [4.78, 5) is 23.7. The molecule has 1 saturated heterocycles. The number of Topliss-reactive ketones (excluding diaryl/α,β-unsaturated/α-hetero) is 1. The standard InChI is InChI=1S/C27H28Cl2F4N4O/c1-16(38)3-8-24(26-34-9-10-35-26)37-14-19(18-5-7-21(28)22(29)12-18)25(15-37)36(2)13-17-4-6-20(23(30)11-17)27(31,32)33/h4-7,9-12,19,24-25H,3,8,13-15H2,1-2H3,(H,34,35)/t19-,24?,25-/m1/s1. The van der Waals surface area contributed by atoms with Crippen LogP contribution in [0.25, 0.3) is 0 Å². The minimum absolute atomic E-state index is 0.0381. The first-order chi connectivity index (χ1) is 17.9. The molecule has 2 aromatic carbocycles. The number of imidazole rings is 1. The van der Waals surface area contributed by atoms with E-state index in [1.165, 1.54) is 6.07 Å². The van der Waals surface area contributed by atoms with Crippen molar-refractivity contribution in [3.63, 3.8) is 0 Å². The quantitative estimate of drug-likeness (QED) is 0.285. The molecule has 38 heavy (non-hydrogen) atoms. The van der Waals surface area contributed by atoms with E-state index in [0.717, 1.165) is 23.5 Å². The Hall–Kier alpha value is -2.46. The number of carbonyl (C=O) groups excluding carboxylic acids is 1. The Balaban J connectivity index is 1.63. The van der Waals surface area contributed by atoms with Crippen LogP contribution in [-0.2, 0) is 17.5 Å². The number of aromatic amines is 1. The number of carbonyl (C=O) groups is 1. The highest BCUT2D eigenvalue weighted by atomic mass is 35.5. The van der Waals surface area contributed by atoms with E-state index in [-0.39, 0.29) is 30.3 Å². The highest BCUT2D eigenvalue weighted by Gasteiger charge is 2.40. The molecular formula is C27H28Cl2F4N4O. The van der Waals surface area contributed by atoms with Crippen LogP contribution in [0.4, 0.5) is 17.6 Å². The second kappa shape index (κ2) is 11.7. The average molecular weight is 571 g/mol. The van der Waals surface area contributed by atoms with Crippen LogP contribution >= 0.6 is 23.2 Å². The van der Waals surface area contributed by atoms with Crippen LogP contribution in [0.2, 0.25) is 10.0 Å². The van der Waals surface area contributed by atoms with Crippen molar-refractivity contribution in [3.05, 3.63) is 87.2 Å². The number of alkyl halides is 3. The monoisotopic (exact) mass is 570 g/mol. The minimum Gasteiger partial charge on any atom is -0.347 e. The third-order valence-corrected chi connectivity index (χ3v) is 7.81. The van der Waals surface area contributed by atoms with Gasteiger partial charge in [0, 0.05) is 50.4 Å². The Morgan fingerprint density at radius 1 is 1.18 bits per heavy atom. The summed E-state index contributed by atoms with van der Waals surface area (Å²) < 4.78 is 53.4. The van der Waals surface area contributed by atoms with E-state index < -0.39 is 17.6 Å². The van der Waals surface area contributed by atoms with E-state index in [1.54, 1.807) is 25.4 Å². The van der Waals surface area contributed by atoms with Crippen molar-refractivity contribution >= 4 is 29.0 Å². The summed E-state index contributed by atoms with van der Waals surface area (Å²) in [5, 5.41) is 0.860. The molecule has 11 heteroatoms. The molecule has 1 aromatic heterocycles. The maximum absolute atomic E-state index is 14.3. The maximum atomic E-state index is 14.3. The van der Waals surface area contributed by atoms with Crippen LogP contribution in [0, 0.1) is 5.82 Å². The number of likely N-dealkylation sites (N-methyl/N-ethyl adjacent to an activating group) is 1. The first-order valence-corrected chi connectivity index (χ1v) is 12.9. The number of hydrogen-bond acceptors (Lipinski definition) is 4. The summed E-state index contributed by atoms with van der Waals surface area (Å²) in [6.45, 7) is 3.01. The van der Waals surface area contributed by atoms with Crippen LogP contribution < -0.4 is 0 Å². The summed E-state index contributed by atoms with van der Waals surface area (Å²) in [6.07, 6.45) is -0.362. The van der Waals surface area contributed by atoms with Gasteiger partial charge in [-0.2, -0.15) is 13.2 Å². The molecule has 1 aliphatic rings. The molecule has 1 fully saturated rings. The van der Waals surface area contributed by atoms with Crippen LogP contribution in [0.1, 0.15) is 54.2 Å². The minimum atomic E-state index is -4.75. The predicted molar refractivity (Wildman–Crippen MR) is 139 cm³/mol. The van der Waals surface area contributed by atoms with Gasteiger partial charge in [-0.05, 0) is 55.8 Å². The molecule has 0 saturated carbocycles. The van der Waals surface area contributed by atoms with Gasteiger partial charge in [-0.1, -0.05) is 35.3 Å². The SMILES string of the molecule is CC(=O)CCC(c1ncc[nH]1)N1C[C@H](c2ccc(Cl)c(Cl)c2)[C@H](N(C)Cc2ccc(C(F)(F)F)c(F)c2)C1. The second-order valence-corrected chi connectivity index (χ2v) is 10.6.